The van der Waals surface area contributed by atoms with Gasteiger partial charge in [0, 0.05) is 5.41 Å². The van der Waals surface area contributed by atoms with Crippen LogP contribution in [-0.4, -0.2) is 0 Å². The van der Waals surface area contributed by atoms with E-state index in [1.54, 1.807) is 11.1 Å². The molecule has 0 radical (unpaired) electrons. The first-order valence-corrected chi connectivity index (χ1v) is 12.8. The van der Waals surface area contributed by atoms with Crippen LogP contribution < -0.4 is 0 Å². The molecular formula is C31H38. The highest BCUT2D eigenvalue weighted by Crippen LogP contribution is 2.61. The summed E-state index contributed by atoms with van der Waals surface area (Å²) >= 11 is 0. The van der Waals surface area contributed by atoms with Gasteiger partial charge in [0.25, 0.3) is 0 Å². The van der Waals surface area contributed by atoms with Gasteiger partial charge in [-0.1, -0.05) is 118 Å². The van der Waals surface area contributed by atoms with Gasteiger partial charge in [-0.25, -0.2) is 0 Å². The fraction of sp³-hybridized carbons (Fsp3) is 0.484. The Morgan fingerprint density at radius 1 is 0.774 bits per heavy atom. The van der Waals surface area contributed by atoms with Crippen molar-refractivity contribution in [3.05, 3.63) is 96.1 Å². The normalized spacial score (nSPS) is 28.2. The Balaban J connectivity index is 1.68. The molecule has 0 amide bonds. The lowest BCUT2D eigenvalue weighted by molar-refractivity contribution is 0.183. The van der Waals surface area contributed by atoms with Crippen molar-refractivity contribution in [3.8, 4) is 0 Å². The largest absolute Gasteiger partial charge is 0.0806 e. The molecule has 0 spiro atoms. The summed E-state index contributed by atoms with van der Waals surface area (Å²) in [5.74, 6) is 3.62. The quantitative estimate of drug-likeness (QED) is 0.430. The van der Waals surface area contributed by atoms with E-state index in [0.717, 1.165) is 17.8 Å². The molecule has 0 aliphatic heterocycles. The molecule has 0 aromatic heterocycles. The molecule has 0 N–H and O–H groups in total. The zero-order valence-electron chi connectivity index (χ0n) is 19.1. The van der Waals surface area contributed by atoms with Crippen molar-refractivity contribution in [1.82, 2.24) is 0 Å². The Labute approximate surface area is 189 Å². The highest BCUT2D eigenvalue weighted by Gasteiger charge is 2.55. The van der Waals surface area contributed by atoms with Crippen LogP contribution in [0.2, 0.25) is 0 Å². The Morgan fingerprint density at radius 2 is 1.35 bits per heavy atom. The van der Waals surface area contributed by atoms with Crippen molar-refractivity contribution in [2.24, 2.45) is 29.6 Å². The molecular weight excluding hydrogens is 372 g/mol. The predicted molar refractivity (Wildman–Crippen MR) is 132 cm³/mol. The molecule has 2 aromatic rings. The number of allylic oxidation sites excluding steroid dienone is 4. The fourth-order valence-electron chi connectivity index (χ4n) is 7.60. The molecule has 2 aromatic carbocycles. The predicted octanol–water partition coefficient (Wildman–Crippen LogP) is 8.35. The molecule has 4 atom stereocenters. The zero-order valence-corrected chi connectivity index (χ0v) is 19.1. The van der Waals surface area contributed by atoms with Crippen molar-refractivity contribution < 1.29 is 0 Å². The van der Waals surface area contributed by atoms with Gasteiger partial charge in [0.15, 0.2) is 0 Å². The summed E-state index contributed by atoms with van der Waals surface area (Å²) in [5.41, 5.74) is 3.25. The number of hydrogen-bond acceptors (Lipinski definition) is 0. The van der Waals surface area contributed by atoms with Gasteiger partial charge >= 0.3 is 0 Å². The maximum absolute atomic E-state index is 2.58. The van der Waals surface area contributed by atoms with E-state index >= 15 is 0 Å². The lowest BCUT2D eigenvalue weighted by atomic mass is 9.55. The summed E-state index contributed by atoms with van der Waals surface area (Å²) in [6, 6.07) is 23.3. The van der Waals surface area contributed by atoms with Gasteiger partial charge in [0.2, 0.25) is 0 Å². The molecule has 0 bridgehead atoms. The molecule has 0 heteroatoms. The second-order valence-electron chi connectivity index (χ2n) is 10.3. The molecule has 5 rings (SSSR count). The molecule has 4 unspecified atom stereocenters. The molecule has 162 valence electrons. The molecule has 31 heavy (non-hydrogen) atoms. The number of rotatable bonds is 7. The minimum absolute atomic E-state index is 0.123. The van der Waals surface area contributed by atoms with Crippen LogP contribution in [0.3, 0.4) is 0 Å². The van der Waals surface area contributed by atoms with E-state index in [2.05, 4.69) is 91.9 Å². The van der Waals surface area contributed by atoms with E-state index < -0.39 is 0 Å². The zero-order chi connectivity index (χ0) is 21.1. The summed E-state index contributed by atoms with van der Waals surface area (Å²) in [4.78, 5) is 0. The Hall–Kier alpha value is -2.08. The average molecular weight is 411 g/mol. The minimum atomic E-state index is 0.123. The first-order valence-electron chi connectivity index (χ1n) is 12.8. The van der Waals surface area contributed by atoms with E-state index in [0.29, 0.717) is 11.8 Å². The van der Waals surface area contributed by atoms with Crippen LogP contribution in [0.25, 0.3) is 0 Å². The van der Waals surface area contributed by atoms with Crippen molar-refractivity contribution in [1.29, 1.82) is 0 Å². The third kappa shape index (κ3) is 3.63. The summed E-state index contributed by atoms with van der Waals surface area (Å²) in [7, 11) is 0. The maximum atomic E-state index is 2.58. The molecule has 0 heterocycles. The Morgan fingerprint density at radius 3 is 1.94 bits per heavy atom. The summed E-state index contributed by atoms with van der Waals surface area (Å²) in [6.07, 6.45) is 20.8. The van der Waals surface area contributed by atoms with E-state index in [-0.39, 0.29) is 5.41 Å². The van der Waals surface area contributed by atoms with Gasteiger partial charge in [0.1, 0.15) is 0 Å². The lowest BCUT2D eigenvalue weighted by Crippen LogP contribution is -2.44. The van der Waals surface area contributed by atoms with Gasteiger partial charge in [-0.05, 0) is 66.4 Å². The maximum Gasteiger partial charge on any atom is 0.0265 e. The van der Waals surface area contributed by atoms with Crippen LogP contribution in [0, 0.1) is 29.6 Å². The molecule has 0 saturated heterocycles. The fourth-order valence-corrected chi connectivity index (χ4v) is 7.60. The highest BCUT2D eigenvalue weighted by molar-refractivity contribution is 5.44. The average Bonchev–Trinajstić information content (AvgIpc) is 3.50. The van der Waals surface area contributed by atoms with Gasteiger partial charge in [-0.2, -0.15) is 0 Å². The lowest BCUT2D eigenvalue weighted by Gasteiger charge is -2.48. The third-order valence-corrected chi connectivity index (χ3v) is 8.80. The topological polar surface area (TPSA) is 0 Å². The van der Waals surface area contributed by atoms with Crippen LogP contribution in [-0.2, 0) is 5.41 Å². The van der Waals surface area contributed by atoms with Gasteiger partial charge < -0.3 is 0 Å². The minimum Gasteiger partial charge on any atom is -0.0806 e. The SMILES string of the molecule is CCCCC1CC(C(c2ccccc2)(c2ccccc2)C2CCCC2)C2C=CC=CC12. The van der Waals surface area contributed by atoms with E-state index in [9.17, 15) is 0 Å². The van der Waals surface area contributed by atoms with Crippen LogP contribution >= 0.6 is 0 Å². The summed E-state index contributed by atoms with van der Waals surface area (Å²) < 4.78 is 0. The van der Waals surface area contributed by atoms with Crippen molar-refractivity contribution >= 4 is 0 Å². The first kappa shape index (κ1) is 20.8. The molecule has 0 nitrogen and oxygen atoms in total. The van der Waals surface area contributed by atoms with Crippen LogP contribution in [0.4, 0.5) is 0 Å². The standard InChI is InChI=1S/C31H38/c1-2-3-14-24-23-30(29-22-13-12-21-28(24)29)31(27-19-10-11-20-27,25-15-6-4-7-16-25)26-17-8-5-9-18-26/h4-9,12-13,15-18,21-22,24,27-30H,2-3,10-11,14,19-20,23H2,1H3. The van der Waals surface area contributed by atoms with Crippen molar-refractivity contribution in [3.63, 3.8) is 0 Å². The third-order valence-electron chi connectivity index (χ3n) is 8.80. The van der Waals surface area contributed by atoms with E-state index in [1.165, 1.54) is 51.4 Å². The number of unbranched alkanes of at least 4 members (excludes halogenated alkanes) is 1. The summed E-state index contributed by atoms with van der Waals surface area (Å²) in [5, 5.41) is 0. The van der Waals surface area contributed by atoms with Gasteiger partial charge in [-0.3, -0.25) is 0 Å². The van der Waals surface area contributed by atoms with Gasteiger partial charge in [0.05, 0.1) is 0 Å². The monoisotopic (exact) mass is 410 g/mol. The Kier molecular flexibility index (Phi) is 6.17. The highest BCUT2D eigenvalue weighted by atomic mass is 14.6. The van der Waals surface area contributed by atoms with Crippen LogP contribution in [0.5, 0.6) is 0 Å². The first-order chi connectivity index (χ1) is 15.4. The van der Waals surface area contributed by atoms with E-state index in [4.69, 9.17) is 0 Å². The molecule has 3 aliphatic carbocycles. The smallest absolute Gasteiger partial charge is 0.0265 e. The second kappa shape index (κ2) is 9.19. The van der Waals surface area contributed by atoms with Crippen LogP contribution in [0.15, 0.2) is 85.0 Å². The van der Waals surface area contributed by atoms with Gasteiger partial charge in [-0.15, -0.1) is 0 Å². The number of hydrogen-bond donors (Lipinski definition) is 0. The molecule has 2 fully saturated rings. The second-order valence-corrected chi connectivity index (χ2v) is 10.3. The van der Waals surface area contributed by atoms with Crippen molar-refractivity contribution in [2.45, 2.75) is 63.7 Å². The number of fused-ring (bicyclic) bond motifs is 1. The van der Waals surface area contributed by atoms with E-state index in [1.807, 2.05) is 0 Å². The van der Waals surface area contributed by atoms with Crippen molar-refractivity contribution in [2.75, 3.05) is 0 Å². The molecule has 2 saturated carbocycles. The summed E-state index contributed by atoms with van der Waals surface area (Å²) in [6.45, 7) is 2.34. The molecule has 3 aliphatic rings. The Bertz CT molecular complexity index is 845. The number of benzene rings is 2. The van der Waals surface area contributed by atoms with Crippen LogP contribution in [0.1, 0.15) is 69.4 Å².